The Kier molecular flexibility index (Phi) is 4.02. The Morgan fingerprint density at radius 1 is 1.59 bits per heavy atom. The third-order valence-corrected chi connectivity index (χ3v) is 3.35. The van der Waals surface area contributed by atoms with Crippen molar-refractivity contribution in [3.8, 4) is 0 Å². The van der Waals surface area contributed by atoms with E-state index in [-0.39, 0.29) is 10.6 Å². The quantitative estimate of drug-likeness (QED) is 0.886. The van der Waals surface area contributed by atoms with Gasteiger partial charge in [-0.05, 0) is 18.8 Å². The topological polar surface area (TPSA) is 58.2 Å². The van der Waals surface area contributed by atoms with Crippen molar-refractivity contribution in [1.82, 2.24) is 9.97 Å². The zero-order chi connectivity index (χ0) is 12.3. The van der Waals surface area contributed by atoms with Crippen LogP contribution in [0.2, 0.25) is 5.02 Å². The number of halogens is 1. The van der Waals surface area contributed by atoms with Gasteiger partial charge in [-0.1, -0.05) is 11.6 Å². The molecule has 0 aromatic carbocycles. The molecule has 5 nitrogen and oxygen atoms in total. The second kappa shape index (κ2) is 5.51. The van der Waals surface area contributed by atoms with E-state index in [9.17, 15) is 4.79 Å². The summed E-state index contributed by atoms with van der Waals surface area (Å²) in [4.78, 5) is 19.9. The molecule has 0 unspecified atom stereocenters. The summed E-state index contributed by atoms with van der Waals surface area (Å²) < 4.78 is 5.31. The number of H-pyrrole nitrogens is 1. The van der Waals surface area contributed by atoms with Gasteiger partial charge < -0.3 is 14.6 Å². The summed E-state index contributed by atoms with van der Waals surface area (Å²) in [6.07, 6.45) is 3.47. The predicted molar refractivity (Wildman–Crippen MR) is 66.7 cm³/mol. The molecule has 2 rings (SSSR count). The second-order valence-corrected chi connectivity index (χ2v) is 4.68. The highest BCUT2D eigenvalue weighted by molar-refractivity contribution is 6.32. The summed E-state index contributed by atoms with van der Waals surface area (Å²) in [6, 6.07) is 0. The standard InChI is InChI=1S/C11H16ClN3O2/c1-15(6-8-2-4-17-5-3-8)10-9(12)11(16)14-7-13-10/h7-8H,2-6H2,1H3,(H,13,14,16). The molecule has 0 aliphatic carbocycles. The lowest BCUT2D eigenvalue weighted by Gasteiger charge is -2.27. The summed E-state index contributed by atoms with van der Waals surface area (Å²) >= 11 is 5.93. The molecule has 6 heteroatoms. The summed E-state index contributed by atoms with van der Waals surface area (Å²) in [7, 11) is 1.91. The predicted octanol–water partition coefficient (Wildman–Crippen LogP) is 1.29. The minimum atomic E-state index is -0.296. The van der Waals surface area contributed by atoms with E-state index < -0.39 is 0 Å². The van der Waals surface area contributed by atoms with Gasteiger partial charge in [-0.2, -0.15) is 0 Å². The van der Waals surface area contributed by atoms with Crippen molar-refractivity contribution in [3.05, 3.63) is 21.7 Å². The van der Waals surface area contributed by atoms with Crippen LogP contribution in [0.3, 0.4) is 0 Å². The van der Waals surface area contributed by atoms with Crippen LogP contribution < -0.4 is 10.5 Å². The van der Waals surface area contributed by atoms with Crippen molar-refractivity contribution in [1.29, 1.82) is 0 Å². The number of hydrogen-bond donors (Lipinski definition) is 1. The SMILES string of the molecule is CN(CC1CCOCC1)c1nc[nH]c(=O)c1Cl. The van der Waals surface area contributed by atoms with Crippen LogP contribution in [0.4, 0.5) is 5.82 Å². The highest BCUT2D eigenvalue weighted by Crippen LogP contribution is 2.21. The molecule has 17 heavy (non-hydrogen) atoms. The fourth-order valence-electron chi connectivity index (χ4n) is 2.04. The van der Waals surface area contributed by atoms with Gasteiger partial charge in [-0.15, -0.1) is 0 Å². The zero-order valence-electron chi connectivity index (χ0n) is 9.78. The minimum absolute atomic E-state index is 0.155. The van der Waals surface area contributed by atoms with Gasteiger partial charge in [0.2, 0.25) is 0 Å². The molecule has 1 N–H and O–H groups in total. The Balaban J connectivity index is 2.06. The van der Waals surface area contributed by atoms with E-state index >= 15 is 0 Å². The van der Waals surface area contributed by atoms with Crippen molar-refractivity contribution >= 4 is 17.4 Å². The first-order chi connectivity index (χ1) is 8.18. The van der Waals surface area contributed by atoms with Gasteiger partial charge >= 0.3 is 0 Å². The van der Waals surface area contributed by atoms with Crippen molar-refractivity contribution < 1.29 is 4.74 Å². The maximum atomic E-state index is 11.4. The van der Waals surface area contributed by atoms with Crippen LogP contribution in [-0.2, 0) is 4.74 Å². The van der Waals surface area contributed by atoms with Gasteiger partial charge in [0.1, 0.15) is 5.02 Å². The van der Waals surface area contributed by atoms with E-state index in [0.29, 0.717) is 11.7 Å². The van der Waals surface area contributed by atoms with Gasteiger partial charge in [0.05, 0.1) is 6.33 Å². The number of aromatic amines is 1. The van der Waals surface area contributed by atoms with E-state index in [1.165, 1.54) is 6.33 Å². The fraction of sp³-hybridized carbons (Fsp3) is 0.636. The summed E-state index contributed by atoms with van der Waals surface area (Å²) in [5.41, 5.74) is -0.296. The van der Waals surface area contributed by atoms with Gasteiger partial charge in [-0.3, -0.25) is 4.79 Å². The number of nitrogens with zero attached hydrogens (tertiary/aromatic N) is 2. The van der Waals surface area contributed by atoms with Crippen LogP contribution in [0, 0.1) is 5.92 Å². The molecule has 1 saturated heterocycles. The van der Waals surface area contributed by atoms with Crippen molar-refractivity contribution in [2.45, 2.75) is 12.8 Å². The van der Waals surface area contributed by atoms with Crippen LogP contribution in [0.15, 0.2) is 11.1 Å². The molecule has 94 valence electrons. The van der Waals surface area contributed by atoms with E-state index in [0.717, 1.165) is 32.6 Å². The minimum Gasteiger partial charge on any atom is -0.381 e. The Hall–Kier alpha value is -1.07. The van der Waals surface area contributed by atoms with Crippen LogP contribution >= 0.6 is 11.6 Å². The molecular formula is C11H16ClN3O2. The maximum absolute atomic E-state index is 11.4. The monoisotopic (exact) mass is 257 g/mol. The highest BCUT2D eigenvalue weighted by Gasteiger charge is 2.18. The van der Waals surface area contributed by atoms with Gasteiger partial charge in [-0.25, -0.2) is 4.98 Å². The molecule has 1 aliphatic heterocycles. The van der Waals surface area contributed by atoms with Gasteiger partial charge in [0, 0.05) is 26.8 Å². The third-order valence-electron chi connectivity index (χ3n) is 3.01. The molecule has 0 atom stereocenters. The van der Waals surface area contributed by atoms with Crippen LogP contribution in [0.5, 0.6) is 0 Å². The lowest BCUT2D eigenvalue weighted by atomic mass is 10.00. The maximum Gasteiger partial charge on any atom is 0.271 e. The number of hydrogen-bond acceptors (Lipinski definition) is 4. The van der Waals surface area contributed by atoms with E-state index in [1.807, 2.05) is 11.9 Å². The summed E-state index contributed by atoms with van der Waals surface area (Å²) in [6.45, 7) is 2.48. The van der Waals surface area contributed by atoms with Crippen LogP contribution in [-0.4, -0.2) is 36.8 Å². The molecule has 1 aromatic heterocycles. The molecule has 1 aromatic rings. The Morgan fingerprint density at radius 3 is 3.00 bits per heavy atom. The average Bonchev–Trinajstić information content (AvgIpc) is 2.34. The van der Waals surface area contributed by atoms with Crippen LogP contribution in [0.25, 0.3) is 0 Å². The number of nitrogens with one attached hydrogen (secondary N) is 1. The number of aromatic nitrogens is 2. The molecule has 0 spiro atoms. The first kappa shape index (κ1) is 12.4. The first-order valence-electron chi connectivity index (χ1n) is 5.70. The number of ether oxygens (including phenoxy) is 1. The van der Waals surface area contributed by atoms with E-state index in [4.69, 9.17) is 16.3 Å². The Morgan fingerprint density at radius 2 is 2.29 bits per heavy atom. The molecule has 2 heterocycles. The van der Waals surface area contributed by atoms with E-state index in [1.54, 1.807) is 0 Å². The van der Waals surface area contributed by atoms with E-state index in [2.05, 4.69) is 9.97 Å². The van der Waals surface area contributed by atoms with Crippen molar-refractivity contribution in [2.75, 3.05) is 31.7 Å². The normalized spacial score (nSPS) is 17.1. The third kappa shape index (κ3) is 2.98. The van der Waals surface area contributed by atoms with Gasteiger partial charge in [0.25, 0.3) is 5.56 Å². The van der Waals surface area contributed by atoms with Crippen molar-refractivity contribution in [2.24, 2.45) is 5.92 Å². The molecule has 0 amide bonds. The van der Waals surface area contributed by atoms with Crippen molar-refractivity contribution in [3.63, 3.8) is 0 Å². The molecule has 1 fully saturated rings. The smallest absolute Gasteiger partial charge is 0.271 e. The Labute approximate surface area is 105 Å². The molecule has 0 bridgehead atoms. The fourth-order valence-corrected chi connectivity index (χ4v) is 2.29. The molecule has 0 saturated carbocycles. The first-order valence-corrected chi connectivity index (χ1v) is 6.08. The highest BCUT2D eigenvalue weighted by atomic mass is 35.5. The lowest BCUT2D eigenvalue weighted by molar-refractivity contribution is 0.0685. The Bertz CT molecular complexity index is 429. The van der Waals surface area contributed by atoms with Gasteiger partial charge in [0.15, 0.2) is 5.82 Å². The molecule has 0 radical (unpaired) electrons. The molecule has 1 aliphatic rings. The summed E-state index contributed by atoms with van der Waals surface area (Å²) in [5.74, 6) is 1.12. The largest absolute Gasteiger partial charge is 0.381 e. The average molecular weight is 258 g/mol. The zero-order valence-corrected chi connectivity index (χ0v) is 10.5. The molecular weight excluding hydrogens is 242 g/mol. The lowest BCUT2D eigenvalue weighted by Crippen LogP contribution is -2.31. The second-order valence-electron chi connectivity index (χ2n) is 4.31. The number of anilines is 1. The summed E-state index contributed by atoms with van der Waals surface area (Å²) in [5, 5.41) is 0.155. The number of rotatable bonds is 3. The van der Waals surface area contributed by atoms with Crippen LogP contribution in [0.1, 0.15) is 12.8 Å².